The summed E-state index contributed by atoms with van der Waals surface area (Å²) in [4.78, 5) is 26.1. The number of carbonyl (C=O) groups excluding carboxylic acids is 2. The molecule has 1 aliphatic heterocycles. The van der Waals surface area contributed by atoms with E-state index in [9.17, 15) is 9.59 Å². The second-order valence-corrected chi connectivity index (χ2v) is 2.94. The van der Waals surface area contributed by atoms with Crippen LogP contribution in [-0.2, 0) is 9.59 Å². The summed E-state index contributed by atoms with van der Waals surface area (Å²) in [5, 5.41) is 2.83. The third kappa shape index (κ3) is 1.05. The first-order valence-corrected chi connectivity index (χ1v) is 3.78. The summed E-state index contributed by atoms with van der Waals surface area (Å²) in [5.41, 5.74) is 0.791. The number of ketones is 2. The molecule has 0 aromatic heterocycles. The lowest BCUT2D eigenvalue weighted by molar-refractivity contribution is -0.129. The van der Waals surface area contributed by atoms with Crippen LogP contribution in [0.15, 0.2) is 16.8 Å². The highest BCUT2D eigenvalue weighted by Crippen LogP contribution is 2.19. The maximum atomic E-state index is 11.3. The van der Waals surface area contributed by atoms with Crippen LogP contribution in [0.5, 0.6) is 0 Å². The molecular weight excluding hydrogens is 156 g/mol. The van der Waals surface area contributed by atoms with Crippen molar-refractivity contribution in [3.8, 4) is 0 Å². The molecule has 1 N–H and O–H groups in total. The molecular formula is C8H8N2O2. The molecule has 1 atom stereocenters. The van der Waals surface area contributed by atoms with Gasteiger partial charge in [-0.2, -0.15) is 0 Å². The van der Waals surface area contributed by atoms with E-state index in [1.165, 1.54) is 6.34 Å². The summed E-state index contributed by atoms with van der Waals surface area (Å²) in [5.74, 6) is -0.0648. The van der Waals surface area contributed by atoms with Crippen molar-refractivity contribution in [2.75, 3.05) is 0 Å². The average molecular weight is 164 g/mol. The molecule has 1 heterocycles. The number of Topliss-reactive ketones (excluding diaryl/α,β-unsaturated/α-hetero) is 2. The number of carbonyl (C=O) groups is 2. The van der Waals surface area contributed by atoms with Gasteiger partial charge in [0.1, 0.15) is 11.8 Å². The van der Waals surface area contributed by atoms with Crippen LogP contribution in [0.3, 0.4) is 0 Å². The lowest BCUT2D eigenvalue weighted by Crippen LogP contribution is -2.43. The Balaban J connectivity index is 2.30. The SMILES string of the molecule is O=C1CC(=O)C2NC=NC=C2C1. The Kier molecular flexibility index (Phi) is 1.53. The Morgan fingerprint density at radius 1 is 1.42 bits per heavy atom. The van der Waals surface area contributed by atoms with Crippen LogP contribution in [-0.4, -0.2) is 23.9 Å². The first kappa shape index (κ1) is 7.21. The van der Waals surface area contributed by atoms with Crippen LogP contribution in [0.25, 0.3) is 0 Å². The summed E-state index contributed by atoms with van der Waals surface area (Å²) in [7, 11) is 0. The highest BCUT2D eigenvalue weighted by molar-refractivity contribution is 6.08. The van der Waals surface area contributed by atoms with E-state index in [4.69, 9.17) is 0 Å². The van der Waals surface area contributed by atoms with Crippen molar-refractivity contribution in [3.05, 3.63) is 11.8 Å². The molecule has 2 aliphatic rings. The molecule has 4 nitrogen and oxygen atoms in total. The van der Waals surface area contributed by atoms with Crippen molar-refractivity contribution < 1.29 is 9.59 Å². The predicted octanol–water partition coefficient (Wildman–Crippen LogP) is -0.198. The minimum Gasteiger partial charge on any atom is -0.363 e. The summed E-state index contributed by atoms with van der Waals surface area (Å²) in [6, 6.07) is -0.291. The van der Waals surface area contributed by atoms with Crippen molar-refractivity contribution in [1.82, 2.24) is 5.32 Å². The van der Waals surface area contributed by atoms with E-state index in [2.05, 4.69) is 10.3 Å². The zero-order valence-corrected chi connectivity index (χ0v) is 6.41. The van der Waals surface area contributed by atoms with E-state index < -0.39 is 0 Å². The van der Waals surface area contributed by atoms with E-state index in [1.807, 2.05) is 0 Å². The number of nitrogens with zero attached hydrogens (tertiary/aromatic N) is 1. The van der Waals surface area contributed by atoms with Crippen LogP contribution in [0.2, 0.25) is 0 Å². The van der Waals surface area contributed by atoms with Crippen LogP contribution >= 0.6 is 0 Å². The molecule has 0 saturated heterocycles. The zero-order valence-electron chi connectivity index (χ0n) is 6.41. The third-order valence-electron chi connectivity index (χ3n) is 2.02. The van der Waals surface area contributed by atoms with Gasteiger partial charge in [-0.15, -0.1) is 0 Å². The summed E-state index contributed by atoms with van der Waals surface area (Å²) < 4.78 is 0. The van der Waals surface area contributed by atoms with Crippen molar-refractivity contribution in [2.45, 2.75) is 18.9 Å². The normalized spacial score (nSPS) is 27.7. The molecule has 1 saturated carbocycles. The predicted molar refractivity (Wildman–Crippen MR) is 42.7 cm³/mol. The van der Waals surface area contributed by atoms with Gasteiger partial charge in [0.2, 0.25) is 0 Å². The molecule has 1 fully saturated rings. The largest absolute Gasteiger partial charge is 0.363 e. The van der Waals surface area contributed by atoms with Crippen molar-refractivity contribution in [2.24, 2.45) is 4.99 Å². The van der Waals surface area contributed by atoms with Gasteiger partial charge in [0.05, 0.1) is 12.8 Å². The lowest BCUT2D eigenvalue weighted by atomic mass is 9.88. The molecule has 62 valence electrons. The Morgan fingerprint density at radius 3 is 3.08 bits per heavy atom. The molecule has 4 heteroatoms. The number of aliphatic imine (C=N–C) groups is 1. The lowest BCUT2D eigenvalue weighted by Gasteiger charge is -2.24. The monoisotopic (exact) mass is 164 g/mol. The summed E-state index contributed by atoms with van der Waals surface area (Å²) >= 11 is 0. The molecule has 0 spiro atoms. The van der Waals surface area contributed by atoms with Gasteiger partial charge in [-0.05, 0) is 5.57 Å². The van der Waals surface area contributed by atoms with Gasteiger partial charge in [-0.25, -0.2) is 4.99 Å². The van der Waals surface area contributed by atoms with E-state index >= 15 is 0 Å². The fourth-order valence-corrected chi connectivity index (χ4v) is 1.47. The number of hydrogen-bond donors (Lipinski definition) is 1. The van der Waals surface area contributed by atoms with E-state index in [0.29, 0.717) is 6.42 Å². The molecule has 12 heavy (non-hydrogen) atoms. The zero-order chi connectivity index (χ0) is 8.55. The van der Waals surface area contributed by atoms with Crippen molar-refractivity contribution in [1.29, 1.82) is 0 Å². The Hall–Kier alpha value is -1.45. The first-order chi connectivity index (χ1) is 5.77. The number of hydrogen-bond acceptors (Lipinski definition) is 4. The standard InChI is InChI=1S/C8H8N2O2/c11-6-1-5-3-9-4-10-8(5)7(12)2-6/h3-4,8H,1-2H2,(H,9,10). The minimum atomic E-state index is -0.291. The van der Waals surface area contributed by atoms with E-state index in [1.54, 1.807) is 6.20 Å². The maximum absolute atomic E-state index is 11.3. The summed E-state index contributed by atoms with van der Waals surface area (Å²) in [6.45, 7) is 0. The van der Waals surface area contributed by atoms with Gasteiger partial charge in [0, 0.05) is 12.6 Å². The molecule has 1 aliphatic carbocycles. The molecule has 0 amide bonds. The highest BCUT2D eigenvalue weighted by Gasteiger charge is 2.31. The Labute approximate surface area is 69.4 Å². The third-order valence-corrected chi connectivity index (χ3v) is 2.02. The molecule has 0 aromatic carbocycles. The summed E-state index contributed by atoms with van der Waals surface area (Å²) in [6.07, 6.45) is 3.50. The van der Waals surface area contributed by atoms with Gasteiger partial charge >= 0.3 is 0 Å². The van der Waals surface area contributed by atoms with Gasteiger partial charge in [0.15, 0.2) is 5.78 Å². The topological polar surface area (TPSA) is 58.5 Å². The average Bonchev–Trinajstić information content (AvgIpc) is 2.04. The second-order valence-electron chi connectivity index (χ2n) is 2.94. The highest BCUT2D eigenvalue weighted by atomic mass is 16.2. The number of nitrogens with one attached hydrogen (secondary N) is 1. The fourth-order valence-electron chi connectivity index (χ4n) is 1.47. The maximum Gasteiger partial charge on any atom is 0.166 e. The molecule has 0 aromatic rings. The van der Waals surface area contributed by atoms with Crippen molar-refractivity contribution >= 4 is 17.9 Å². The fraction of sp³-hybridized carbons (Fsp3) is 0.375. The first-order valence-electron chi connectivity index (χ1n) is 3.78. The number of rotatable bonds is 0. The second kappa shape index (κ2) is 2.55. The molecule has 1 unspecified atom stereocenters. The van der Waals surface area contributed by atoms with Crippen LogP contribution < -0.4 is 5.32 Å². The van der Waals surface area contributed by atoms with Crippen LogP contribution in [0.4, 0.5) is 0 Å². The van der Waals surface area contributed by atoms with Crippen LogP contribution in [0.1, 0.15) is 12.8 Å². The number of fused-ring (bicyclic) bond motifs is 1. The van der Waals surface area contributed by atoms with Crippen LogP contribution in [0, 0.1) is 0 Å². The van der Waals surface area contributed by atoms with Gasteiger partial charge in [-0.1, -0.05) is 0 Å². The van der Waals surface area contributed by atoms with E-state index in [-0.39, 0.29) is 24.0 Å². The molecule has 0 bridgehead atoms. The molecule has 2 rings (SSSR count). The van der Waals surface area contributed by atoms with Gasteiger partial charge in [-0.3, -0.25) is 9.59 Å². The minimum absolute atomic E-state index is 0.0126. The smallest absolute Gasteiger partial charge is 0.166 e. The van der Waals surface area contributed by atoms with E-state index in [0.717, 1.165) is 5.57 Å². The van der Waals surface area contributed by atoms with Crippen molar-refractivity contribution in [3.63, 3.8) is 0 Å². The Bertz CT molecular complexity index is 304. The van der Waals surface area contributed by atoms with Gasteiger partial charge < -0.3 is 5.32 Å². The quantitative estimate of drug-likeness (QED) is 0.504. The Morgan fingerprint density at radius 2 is 2.25 bits per heavy atom. The molecule has 0 radical (unpaired) electrons. The van der Waals surface area contributed by atoms with Gasteiger partial charge in [0.25, 0.3) is 0 Å².